The van der Waals surface area contributed by atoms with Crippen molar-refractivity contribution in [3.8, 4) is 17.2 Å². The van der Waals surface area contributed by atoms with Crippen molar-refractivity contribution in [3.05, 3.63) is 53.6 Å². The molecule has 2 aromatic carbocycles. The largest absolute Gasteiger partial charge is 0.497 e. The minimum Gasteiger partial charge on any atom is -0.497 e. The van der Waals surface area contributed by atoms with Gasteiger partial charge in [-0.25, -0.2) is 0 Å². The van der Waals surface area contributed by atoms with Gasteiger partial charge in [0.25, 0.3) is 0 Å². The van der Waals surface area contributed by atoms with Gasteiger partial charge in [-0.05, 0) is 31.4 Å². The molecule has 1 amide bonds. The molecule has 0 spiro atoms. The van der Waals surface area contributed by atoms with Crippen molar-refractivity contribution in [3.63, 3.8) is 0 Å². The van der Waals surface area contributed by atoms with Crippen LogP contribution >= 0.6 is 0 Å². The number of fused-ring (bicyclic) bond motifs is 1. The van der Waals surface area contributed by atoms with Crippen LogP contribution in [0, 0.1) is 0 Å². The van der Waals surface area contributed by atoms with Gasteiger partial charge in [-0.15, -0.1) is 0 Å². The van der Waals surface area contributed by atoms with E-state index in [9.17, 15) is 4.79 Å². The van der Waals surface area contributed by atoms with Gasteiger partial charge in [0.15, 0.2) is 0 Å². The van der Waals surface area contributed by atoms with E-state index in [0.717, 1.165) is 47.6 Å². The van der Waals surface area contributed by atoms with Crippen LogP contribution in [0.5, 0.6) is 17.2 Å². The summed E-state index contributed by atoms with van der Waals surface area (Å²) in [4.78, 5) is 12.9. The molecule has 4 rings (SSSR count). The molecular weight excluding hydrogens is 342 g/mol. The molecule has 0 bridgehead atoms. The van der Waals surface area contributed by atoms with E-state index in [-0.39, 0.29) is 17.4 Å². The summed E-state index contributed by atoms with van der Waals surface area (Å²) >= 11 is 0. The number of para-hydroxylation sites is 1. The Hall–Kier alpha value is -2.69. The van der Waals surface area contributed by atoms with Gasteiger partial charge in [0.1, 0.15) is 17.2 Å². The molecule has 2 aromatic rings. The highest BCUT2D eigenvalue weighted by Gasteiger charge is 2.42. The topological polar surface area (TPSA) is 56.8 Å². The van der Waals surface area contributed by atoms with Crippen molar-refractivity contribution in [1.82, 2.24) is 5.32 Å². The van der Waals surface area contributed by atoms with E-state index in [2.05, 4.69) is 11.4 Å². The van der Waals surface area contributed by atoms with Crippen LogP contribution in [0.1, 0.15) is 42.7 Å². The lowest BCUT2D eigenvalue weighted by Gasteiger charge is -2.43. The van der Waals surface area contributed by atoms with Crippen molar-refractivity contribution in [2.24, 2.45) is 0 Å². The van der Waals surface area contributed by atoms with Crippen molar-refractivity contribution in [2.75, 3.05) is 20.8 Å². The fourth-order valence-corrected chi connectivity index (χ4v) is 4.13. The van der Waals surface area contributed by atoms with E-state index in [1.807, 2.05) is 36.4 Å². The second-order valence-electron chi connectivity index (χ2n) is 7.30. The standard InChI is InChI=1S/C22H25NO4/c1-25-16-8-9-17-15(14-27-20(17)13-16)12-21(24)23-22(10-5-11-22)18-6-3-4-7-19(18)26-2/h3-4,6-9,13,15H,5,10-12,14H2,1-2H3,(H,23,24). The molecule has 1 aliphatic heterocycles. The highest BCUT2D eigenvalue weighted by Crippen LogP contribution is 2.45. The number of hydrogen-bond acceptors (Lipinski definition) is 4. The molecule has 1 fully saturated rings. The highest BCUT2D eigenvalue weighted by atomic mass is 16.5. The first-order chi connectivity index (χ1) is 13.1. The van der Waals surface area contributed by atoms with Gasteiger partial charge in [0.05, 0.1) is 26.4 Å². The first kappa shape index (κ1) is 17.7. The lowest BCUT2D eigenvalue weighted by molar-refractivity contribution is -0.124. The molecule has 0 aromatic heterocycles. The first-order valence-electron chi connectivity index (χ1n) is 9.40. The molecule has 1 atom stereocenters. The van der Waals surface area contributed by atoms with Crippen molar-refractivity contribution in [1.29, 1.82) is 0 Å². The normalized spacial score (nSPS) is 19.4. The van der Waals surface area contributed by atoms with Crippen molar-refractivity contribution < 1.29 is 19.0 Å². The van der Waals surface area contributed by atoms with Crippen LogP contribution in [-0.4, -0.2) is 26.7 Å². The Kier molecular flexibility index (Phi) is 4.68. The summed E-state index contributed by atoms with van der Waals surface area (Å²) in [5.74, 6) is 2.54. The molecule has 2 aliphatic rings. The molecule has 27 heavy (non-hydrogen) atoms. The first-order valence-corrected chi connectivity index (χ1v) is 9.40. The van der Waals surface area contributed by atoms with Crippen molar-refractivity contribution in [2.45, 2.75) is 37.1 Å². The van der Waals surface area contributed by atoms with Gasteiger partial charge in [-0.3, -0.25) is 4.79 Å². The third-order valence-corrected chi connectivity index (χ3v) is 5.74. The van der Waals surface area contributed by atoms with Crippen LogP contribution in [0.3, 0.4) is 0 Å². The lowest BCUT2D eigenvalue weighted by atomic mass is 9.71. The average molecular weight is 367 g/mol. The molecule has 1 heterocycles. The predicted molar refractivity (Wildman–Crippen MR) is 103 cm³/mol. The van der Waals surface area contributed by atoms with Crippen LogP contribution in [0.15, 0.2) is 42.5 Å². The Morgan fingerprint density at radius 1 is 1.19 bits per heavy atom. The fraction of sp³-hybridized carbons (Fsp3) is 0.409. The number of ether oxygens (including phenoxy) is 3. The Morgan fingerprint density at radius 3 is 2.70 bits per heavy atom. The molecule has 5 heteroatoms. The summed E-state index contributed by atoms with van der Waals surface area (Å²) in [7, 11) is 3.31. The maximum Gasteiger partial charge on any atom is 0.221 e. The molecule has 1 saturated carbocycles. The summed E-state index contributed by atoms with van der Waals surface area (Å²) in [6, 6.07) is 13.8. The summed E-state index contributed by atoms with van der Waals surface area (Å²) in [6.45, 7) is 0.525. The average Bonchev–Trinajstić information content (AvgIpc) is 3.06. The summed E-state index contributed by atoms with van der Waals surface area (Å²) in [5, 5.41) is 3.30. The van der Waals surface area contributed by atoms with Crippen LogP contribution < -0.4 is 19.5 Å². The van der Waals surface area contributed by atoms with E-state index >= 15 is 0 Å². The maximum atomic E-state index is 12.9. The summed E-state index contributed by atoms with van der Waals surface area (Å²) < 4.78 is 16.5. The monoisotopic (exact) mass is 367 g/mol. The minimum atomic E-state index is -0.314. The molecule has 1 N–H and O–H groups in total. The fourth-order valence-electron chi connectivity index (χ4n) is 4.13. The van der Waals surface area contributed by atoms with E-state index in [1.165, 1.54) is 0 Å². The summed E-state index contributed by atoms with van der Waals surface area (Å²) in [6.07, 6.45) is 3.39. The Labute approximate surface area is 159 Å². The number of carbonyl (C=O) groups is 1. The second kappa shape index (κ2) is 7.14. The SMILES string of the molecule is COc1ccc2c(c1)OCC2CC(=O)NC1(c2ccccc2OC)CCC1. The zero-order valence-corrected chi connectivity index (χ0v) is 15.8. The Balaban J connectivity index is 1.48. The van der Waals surface area contributed by atoms with E-state index in [0.29, 0.717) is 13.0 Å². The minimum absolute atomic E-state index is 0.0536. The summed E-state index contributed by atoms with van der Waals surface area (Å²) in [5.41, 5.74) is 1.83. The van der Waals surface area contributed by atoms with Crippen LogP contribution in [0.4, 0.5) is 0 Å². The number of amides is 1. The zero-order chi connectivity index (χ0) is 18.9. The molecule has 5 nitrogen and oxygen atoms in total. The molecule has 1 aliphatic carbocycles. The van der Waals surface area contributed by atoms with Crippen LogP contribution in [0.2, 0.25) is 0 Å². The third-order valence-electron chi connectivity index (χ3n) is 5.74. The number of carbonyl (C=O) groups excluding carboxylic acids is 1. The van der Waals surface area contributed by atoms with Crippen molar-refractivity contribution >= 4 is 5.91 Å². The number of rotatable bonds is 6. The quantitative estimate of drug-likeness (QED) is 0.844. The Morgan fingerprint density at radius 2 is 2.00 bits per heavy atom. The smallest absolute Gasteiger partial charge is 0.221 e. The number of hydrogen-bond donors (Lipinski definition) is 1. The second-order valence-corrected chi connectivity index (χ2v) is 7.30. The van der Waals surface area contributed by atoms with E-state index in [4.69, 9.17) is 14.2 Å². The molecule has 0 saturated heterocycles. The van der Waals surface area contributed by atoms with Crippen LogP contribution in [-0.2, 0) is 10.3 Å². The lowest BCUT2D eigenvalue weighted by Crippen LogP contribution is -2.51. The molecular formula is C22H25NO4. The van der Waals surface area contributed by atoms with E-state index in [1.54, 1.807) is 14.2 Å². The molecule has 142 valence electrons. The van der Waals surface area contributed by atoms with Gasteiger partial charge in [-0.2, -0.15) is 0 Å². The highest BCUT2D eigenvalue weighted by molar-refractivity contribution is 5.79. The van der Waals surface area contributed by atoms with E-state index < -0.39 is 0 Å². The molecule has 1 unspecified atom stereocenters. The van der Waals surface area contributed by atoms with Gasteiger partial charge >= 0.3 is 0 Å². The maximum absolute atomic E-state index is 12.9. The van der Waals surface area contributed by atoms with Gasteiger partial charge in [0, 0.05) is 29.5 Å². The zero-order valence-electron chi connectivity index (χ0n) is 15.8. The number of methoxy groups -OCH3 is 2. The predicted octanol–water partition coefficient (Wildman–Crippen LogP) is 3.77. The van der Waals surface area contributed by atoms with Gasteiger partial charge in [0.2, 0.25) is 5.91 Å². The number of nitrogens with one attached hydrogen (secondary N) is 1. The van der Waals surface area contributed by atoms with Crippen LogP contribution in [0.25, 0.3) is 0 Å². The van der Waals surface area contributed by atoms with Gasteiger partial charge in [-0.1, -0.05) is 24.3 Å². The number of benzene rings is 2. The Bertz CT molecular complexity index is 844. The molecule has 0 radical (unpaired) electrons. The van der Waals surface area contributed by atoms with Gasteiger partial charge < -0.3 is 19.5 Å². The third kappa shape index (κ3) is 3.22.